The molecule has 4 heterocycles. The number of methoxy groups -OCH3 is 1. The Hall–Kier alpha value is -4.61. The van der Waals surface area contributed by atoms with Gasteiger partial charge in [0.25, 0.3) is 0 Å². The molecule has 3 aromatic heterocycles. The summed E-state index contributed by atoms with van der Waals surface area (Å²) in [5.41, 5.74) is 3.44. The van der Waals surface area contributed by atoms with E-state index in [9.17, 15) is 9.59 Å². The third-order valence-electron chi connectivity index (χ3n) is 5.69. The number of nitrogens with zero attached hydrogens (tertiary/aromatic N) is 5. The molecule has 12 heteroatoms. The van der Waals surface area contributed by atoms with Gasteiger partial charge in [-0.15, -0.1) is 0 Å². The summed E-state index contributed by atoms with van der Waals surface area (Å²) >= 11 is 0. The summed E-state index contributed by atoms with van der Waals surface area (Å²) in [6, 6.07) is 9.14. The lowest BCUT2D eigenvalue weighted by molar-refractivity contribution is 0.121. The van der Waals surface area contributed by atoms with Crippen molar-refractivity contribution >= 4 is 46.2 Å². The maximum absolute atomic E-state index is 11.7. The maximum Gasteiger partial charge on any atom is 0.417 e. The van der Waals surface area contributed by atoms with Crippen molar-refractivity contribution in [3.05, 3.63) is 58.8 Å². The van der Waals surface area contributed by atoms with Gasteiger partial charge in [-0.25, -0.2) is 19.6 Å². The van der Waals surface area contributed by atoms with Gasteiger partial charge in [0.1, 0.15) is 11.6 Å². The number of carbonyl (C=O) groups is 1. The highest BCUT2D eigenvalue weighted by atomic mass is 16.5. The summed E-state index contributed by atoms with van der Waals surface area (Å²) in [6.07, 6.45) is 3.14. The average Bonchev–Trinajstić information content (AvgIpc) is 3.25. The topological polar surface area (TPSA) is 142 Å². The first kappa shape index (κ1) is 22.2. The molecule has 35 heavy (non-hydrogen) atoms. The van der Waals surface area contributed by atoms with Crippen molar-refractivity contribution in [2.75, 3.05) is 48.8 Å². The summed E-state index contributed by atoms with van der Waals surface area (Å²) in [5.74, 6) is 1.38. The van der Waals surface area contributed by atoms with E-state index < -0.39 is 5.76 Å². The number of anilines is 5. The number of ether oxygens (including phenoxy) is 1. The van der Waals surface area contributed by atoms with E-state index in [4.69, 9.17) is 9.15 Å². The van der Waals surface area contributed by atoms with Crippen molar-refractivity contribution in [1.29, 1.82) is 0 Å². The number of oxazole rings is 1. The fraction of sp³-hybridized carbons (Fsp3) is 0.261. The first-order chi connectivity index (χ1) is 17.0. The first-order valence-electron chi connectivity index (χ1n) is 11.0. The number of hydrogen-bond acceptors (Lipinski definition) is 10. The van der Waals surface area contributed by atoms with Crippen molar-refractivity contribution in [1.82, 2.24) is 24.8 Å². The molecule has 0 saturated carbocycles. The molecule has 0 bridgehead atoms. The van der Waals surface area contributed by atoms with Crippen LogP contribution in [0.2, 0.25) is 0 Å². The van der Waals surface area contributed by atoms with E-state index in [1.54, 1.807) is 35.5 Å². The lowest BCUT2D eigenvalue weighted by atomic mass is 10.2. The lowest BCUT2D eigenvalue weighted by Crippen LogP contribution is -2.49. The summed E-state index contributed by atoms with van der Waals surface area (Å²) in [5, 5.41) is 6.43. The third kappa shape index (κ3) is 4.86. The van der Waals surface area contributed by atoms with E-state index in [0.717, 1.165) is 22.8 Å². The van der Waals surface area contributed by atoms with Crippen molar-refractivity contribution in [2.24, 2.45) is 0 Å². The van der Waals surface area contributed by atoms with Crippen LogP contribution in [0.5, 0.6) is 0 Å². The predicted octanol–water partition coefficient (Wildman–Crippen LogP) is 2.99. The van der Waals surface area contributed by atoms with Gasteiger partial charge < -0.3 is 29.6 Å². The van der Waals surface area contributed by atoms with Gasteiger partial charge in [0.15, 0.2) is 5.58 Å². The molecule has 0 radical (unpaired) electrons. The minimum atomic E-state index is -0.495. The van der Waals surface area contributed by atoms with E-state index >= 15 is 0 Å². The predicted molar refractivity (Wildman–Crippen MR) is 131 cm³/mol. The highest BCUT2D eigenvalue weighted by molar-refractivity contribution is 5.78. The van der Waals surface area contributed by atoms with Gasteiger partial charge >= 0.3 is 11.8 Å². The summed E-state index contributed by atoms with van der Waals surface area (Å²) in [4.78, 5) is 43.0. The number of H-pyrrole nitrogens is 1. The first-order valence-corrected chi connectivity index (χ1v) is 11.0. The van der Waals surface area contributed by atoms with Gasteiger partial charge in [0.2, 0.25) is 5.95 Å². The molecule has 0 aliphatic carbocycles. The van der Waals surface area contributed by atoms with Crippen LogP contribution in [0, 0.1) is 6.92 Å². The number of carbonyl (C=O) groups excluding carboxylic acids is 1. The van der Waals surface area contributed by atoms with E-state index in [0.29, 0.717) is 49.0 Å². The molecule has 1 aromatic carbocycles. The molecule has 1 saturated heterocycles. The van der Waals surface area contributed by atoms with Gasteiger partial charge in [-0.1, -0.05) is 0 Å². The molecule has 1 aliphatic rings. The molecule has 1 aliphatic heterocycles. The number of rotatable bonds is 5. The fourth-order valence-corrected chi connectivity index (χ4v) is 3.82. The minimum Gasteiger partial charge on any atom is -0.453 e. The van der Waals surface area contributed by atoms with E-state index in [-0.39, 0.29) is 6.09 Å². The summed E-state index contributed by atoms with van der Waals surface area (Å²) in [7, 11) is 1.39. The number of pyridine rings is 1. The van der Waals surface area contributed by atoms with Gasteiger partial charge in [0, 0.05) is 43.6 Å². The molecule has 1 amide bonds. The summed E-state index contributed by atoms with van der Waals surface area (Å²) in [6.45, 7) is 4.45. The SMILES string of the molecule is COC(=O)N1CCN(c2ccc(Nc3ncc(C)c(Nc4ccc5oc(=O)[nH]c5c4)n3)cn2)CC1. The Morgan fingerprint density at radius 2 is 1.86 bits per heavy atom. The van der Waals surface area contributed by atoms with Crippen molar-refractivity contribution in [3.63, 3.8) is 0 Å². The summed E-state index contributed by atoms with van der Waals surface area (Å²) < 4.78 is 9.83. The number of piperazine rings is 1. The number of aryl methyl sites for hydroxylation is 1. The zero-order valence-corrected chi connectivity index (χ0v) is 19.2. The Kier molecular flexibility index (Phi) is 5.92. The van der Waals surface area contributed by atoms with Crippen molar-refractivity contribution in [3.8, 4) is 0 Å². The van der Waals surface area contributed by atoms with E-state index in [1.807, 2.05) is 19.1 Å². The second-order valence-electron chi connectivity index (χ2n) is 8.05. The molecule has 1 fully saturated rings. The third-order valence-corrected chi connectivity index (χ3v) is 5.69. The number of nitrogens with one attached hydrogen (secondary N) is 3. The lowest BCUT2D eigenvalue weighted by Gasteiger charge is -2.34. The standard InChI is InChI=1S/C23H24N8O4/c1-14-12-25-21(29-20(14)26-15-3-5-18-17(11-15)28-22(32)35-18)27-16-4-6-19(24-13-16)30-7-9-31(10-8-30)23(33)34-2/h3-6,11-13H,7-10H2,1-2H3,(H,28,32)(H2,25,26,27,29). The molecule has 5 rings (SSSR count). The van der Waals surface area contributed by atoms with Crippen LogP contribution in [0.1, 0.15) is 5.56 Å². The monoisotopic (exact) mass is 476 g/mol. The zero-order valence-electron chi connectivity index (χ0n) is 19.2. The van der Waals surface area contributed by atoms with Crippen LogP contribution in [0.3, 0.4) is 0 Å². The maximum atomic E-state index is 11.7. The molecule has 180 valence electrons. The molecule has 0 spiro atoms. The van der Waals surface area contributed by atoms with Crippen molar-refractivity contribution < 1.29 is 13.9 Å². The molecule has 0 atom stereocenters. The molecular formula is C23H24N8O4. The molecular weight excluding hydrogens is 452 g/mol. The Morgan fingerprint density at radius 1 is 1.06 bits per heavy atom. The number of amides is 1. The van der Waals surface area contributed by atoms with Crippen molar-refractivity contribution in [2.45, 2.75) is 6.92 Å². The highest BCUT2D eigenvalue weighted by Crippen LogP contribution is 2.24. The number of fused-ring (bicyclic) bond motifs is 1. The van der Waals surface area contributed by atoms with Crippen LogP contribution in [-0.2, 0) is 4.74 Å². The number of benzene rings is 1. The molecule has 0 unspecified atom stereocenters. The second-order valence-corrected chi connectivity index (χ2v) is 8.05. The number of aromatic amines is 1. The van der Waals surface area contributed by atoms with Gasteiger partial charge in [0.05, 0.1) is 24.5 Å². The van der Waals surface area contributed by atoms with E-state index in [1.165, 1.54) is 7.11 Å². The molecule has 12 nitrogen and oxygen atoms in total. The van der Waals surface area contributed by atoms with Crippen LogP contribution in [0.4, 0.5) is 33.8 Å². The van der Waals surface area contributed by atoms with Crippen LogP contribution in [0.25, 0.3) is 11.1 Å². The zero-order chi connectivity index (χ0) is 24.4. The van der Waals surface area contributed by atoms with Gasteiger partial charge in [-0.05, 0) is 37.3 Å². The quantitative estimate of drug-likeness (QED) is 0.393. The highest BCUT2D eigenvalue weighted by Gasteiger charge is 2.22. The Morgan fingerprint density at radius 3 is 2.60 bits per heavy atom. The minimum absolute atomic E-state index is 0.305. The van der Waals surface area contributed by atoms with Crippen LogP contribution < -0.4 is 21.3 Å². The van der Waals surface area contributed by atoms with Crippen LogP contribution >= 0.6 is 0 Å². The fourth-order valence-electron chi connectivity index (χ4n) is 3.82. The molecule has 4 aromatic rings. The van der Waals surface area contributed by atoms with Gasteiger partial charge in [-0.3, -0.25) is 4.98 Å². The Labute approximate surface area is 200 Å². The number of aromatic nitrogens is 4. The average molecular weight is 476 g/mol. The molecule has 3 N–H and O–H groups in total. The Balaban J connectivity index is 1.25. The number of hydrogen-bond donors (Lipinski definition) is 3. The Bertz CT molecular complexity index is 1410. The smallest absolute Gasteiger partial charge is 0.417 e. The largest absolute Gasteiger partial charge is 0.453 e. The van der Waals surface area contributed by atoms with Crippen LogP contribution in [-0.4, -0.2) is 64.2 Å². The van der Waals surface area contributed by atoms with E-state index in [2.05, 4.69) is 35.5 Å². The second kappa shape index (κ2) is 9.33. The van der Waals surface area contributed by atoms with Gasteiger partial charge in [-0.2, -0.15) is 4.98 Å². The normalized spacial score (nSPS) is 13.7. The van der Waals surface area contributed by atoms with Crippen LogP contribution in [0.15, 0.2) is 51.9 Å².